The van der Waals surface area contributed by atoms with E-state index in [4.69, 9.17) is 21.4 Å². The molecule has 0 aliphatic rings. The molecule has 2 rings (SSSR count). The summed E-state index contributed by atoms with van der Waals surface area (Å²) >= 11 is 7.82. The molecule has 0 heterocycles. The molecule has 7 heteroatoms. The predicted octanol–water partition coefficient (Wildman–Crippen LogP) is 4.10. The molecule has 0 saturated carbocycles. The quantitative estimate of drug-likeness (QED) is 0.662. The monoisotopic (exact) mass is 391 g/mol. The van der Waals surface area contributed by atoms with Gasteiger partial charge in [-0.25, -0.2) is 0 Å². The molecular formula is C19H18ClNO4S. The SMILES string of the molecule is COc1ccccc1Sc1ccc(/C=C/C(=O)NCCC(=O)O)c(Cl)c1. The van der Waals surface area contributed by atoms with Gasteiger partial charge >= 0.3 is 5.97 Å². The van der Waals surface area contributed by atoms with Gasteiger partial charge in [-0.05, 0) is 35.9 Å². The number of nitrogens with one attached hydrogen (secondary N) is 1. The molecule has 2 aromatic rings. The lowest BCUT2D eigenvalue weighted by atomic mass is 10.2. The van der Waals surface area contributed by atoms with Gasteiger partial charge in [-0.3, -0.25) is 9.59 Å². The number of amides is 1. The first-order chi connectivity index (χ1) is 12.5. The third-order valence-corrected chi connectivity index (χ3v) is 4.70. The Hall–Kier alpha value is -2.44. The highest BCUT2D eigenvalue weighted by Crippen LogP contribution is 2.36. The van der Waals surface area contributed by atoms with Crippen LogP contribution in [-0.4, -0.2) is 30.6 Å². The number of ether oxygens (including phenoxy) is 1. The first kappa shape index (κ1) is 19.9. The molecule has 0 saturated heterocycles. The second-order valence-electron chi connectivity index (χ2n) is 5.20. The molecule has 0 spiro atoms. The Balaban J connectivity index is 2.01. The average molecular weight is 392 g/mol. The molecule has 2 aromatic carbocycles. The van der Waals surface area contributed by atoms with E-state index in [0.29, 0.717) is 10.6 Å². The number of rotatable bonds is 8. The third-order valence-electron chi connectivity index (χ3n) is 3.32. The lowest BCUT2D eigenvalue weighted by Crippen LogP contribution is -2.23. The highest BCUT2D eigenvalue weighted by atomic mass is 35.5. The molecule has 26 heavy (non-hydrogen) atoms. The molecule has 0 aliphatic heterocycles. The summed E-state index contributed by atoms with van der Waals surface area (Å²) < 4.78 is 5.34. The molecule has 0 atom stereocenters. The highest BCUT2D eigenvalue weighted by Gasteiger charge is 2.06. The fourth-order valence-electron chi connectivity index (χ4n) is 2.05. The highest BCUT2D eigenvalue weighted by molar-refractivity contribution is 7.99. The zero-order valence-corrected chi connectivity index (χ0v) is 15.6. The van der Waals surface area contributed by atoms with Gasteiger partial charge in [-0.2, -0.15) is 0 Å². The first-order valence-corrected chi connectivity index (χ1v) is 8.97. The number of halogens is 1. The minimum Gasteiger partial charge on any atom is -0.496 e. The van der Waals surface area contributed by atoms with E-state index in [1.165, 1.54) is 17.8 Å². The fourth-order valence-corrected chi connectivity index (χ4v) is 3.33. The lowest BCUT2D eigenvalue weighted by Gasteiger charge is -2.08. The van der Waals surface area contributed by atoms with E-state index in [1.54, 1.807) is 13.2 Å². The molecule has 2 N–H and O–H groups in total. The average Bonchev–Trinajstić information content (AvgIpc) is 2.61. The van der Waals surface area contributed by atoms with E-state index < -0.39 is 5.97 Å². The van der Waals surface area contributed by atoms with Crippen molar-refractivity contribution in [1.82, 2.24) is 5.32 Å². The van der Waals surface area contributed by atoms with Crippen molar-refractivity contribution >= 4 is 41.3 Å². The van der Waals surface area contributed by atoms with Crippen molar-refractivity contribution in [2.75, 3.05) is 13.7 Å². The number of para-hydroxylation sites is 1. The zero-order chi connectivity index (χ0) is 18.9. The van der Waals surface area contributed by atoms with Crippen LogP contribution in [0.3, 0.4) is 0 Å². The van der Waals surface area contributed by atoms with Crippen LogP contribution in [0.15, 0.2) is 58.3 Å². The zero-order valence-electron chi connectivity index (χ0n) is 14.1. The first-order valence-electron chi connectivity index (χ1n) is 7.77. The second-order valence-corrected chi connectivity index (χ2v) is 6.73. The van der Waals surface area contributed by atoms with Crippen LogP contribution in [-0.2, 0) is 9.59 Å². The van der Waals surface area contributed by atoms with Crippen LogP contribution in [0.4, 0.5) is 0 Å². The summed E-state index contributed by atoms with van der Waals surface area (Å²) in [7, 11) is 1.63. The second kappa shape index (κ2) is 9.89. The van der Waals surface area contributed by atoms with Crippen LogP contribution in [0.1, 0.15) is 12.0 Å². The van der Waals surface area contributed by atoms with E-state index >= 15 is 0 Å². The van der Waals surface area contributed by atoms with Gasteiger partial charge in [0, 0.05) is 22.5 Å². The van der Waals surface area contributed by atoms with E-state index in [0.717, 1.165) is 15.5 Å². The maximum atomic E-state index is 11.6. The summed E-state index contributed by atoms with van der Waals surface area (Å²) in [4.78, 5) is 24.0. The molecule has 0 fully saturated rings. The number of aliphatic carboxylic acids is 1. The minimum atomic E-state index is -0.958. The summed E-state index contributed by atoms with van der Waals surface area (Å²) in [5.74, 6) is -0.536. The molecule has 0 bridgehead atoms. The summed E-state index contributed by atoms with van der Waals surface area (Å²) in [5.41, 5.74) is 0.699. The van der Waals surface area contributed by atoms with Crippen LogP contribution in [0.2, 0.25) is 5.02 Å². The van der Waals surface area contributed by atoms with Gasteiger partial charge < -0.3 is 15.2 Å². The van der Waals surface area contributed by atoms with Gasteiger partial charge in [0.05, 0.1) is 18.4 Å². The van der Waals surface area contributed by atoms with Gasteiger partial charge in [0.25, 0.3) is 0 Å². The number of carboxylic acids is 1. The van der Waals surface area contributed by atoms with Crippen molar-refractivity contribution in [2.45, 2.75) is 16.2 Å². The Morgan fingerprint density at radius 1 is 1.27 bits per heavy atom. The van der Waals surface area contributed by atoms with Crippen molar-refractivity contribution in [3.8, 4) is 5.75 Å². The molecule has 0 radical (unpaired) electrons. The van der Waals surface area contributed by atoms with Crippen molar-refractivity contribution in [1.29, 1.82) is 0 Å². The molecule has 5 nitrogen and oxygen atoms in total. The smallest absolute Gasteiger partial charge is 0.305 e. The van der Waals surface area contributed by atoms with Crippen molar-refractivity contribution in [3.63, 3.8) is 0 Å². The van der Waals surface area contributed by atoms with E-state index in [9.17, 15) is 9.59 Å². The van der Waals surface area contributed by atoms with Crippen LogP contribution in [0, 0.1) is 0 Å². The predicted molar refractivity (Wildman–Crippen MR) is 103 cm³/mol. The molecular weight excluding hydrogens is 374 g/mol. The Morgan fingerprint density at radius 3 is 2.73 bits per heavy atom. The summed E-state index contributed by atoms with van der Waals surface area (Å²) in [6, 6.07) is 13.3. The molecule has 0 aromatic heterocycles. The number of hydrogen-bond acceptors (Lipinski definition) is 4. The molecule has 136 valence electrons. The number of benzene rings is 2. The van der Waals surface area contributed by atoms with Gasteiger partial charge in [0.1, 0.15) is 5.75 Å². The fraction of sp³-hybridized carbons (Fsp3) is 0.158. The number of methoxy groups -OCH3 is 1. The van der Waals surface area contributed by atoms with Crippen LogP contribution in [0.5, 0.6) is 5.75 Å². The van der Waals surface area contributed by atoms with Crippen LogP contribution in [0.25, 0.3) is 6.08 Å². The van der Waals surface area contributed by atoms with Crippen molar-refractivity contribution in [3.05, 3.63) is 59.1 Å². The number of hydrogen-bond donors (Lipinski definition) is 2. The normalized spacial score (nSPS) is 10.7. The molecule has 0 aliphatic carbocycles. The number of carboxylic acid groups (broad SMARTS) is 1. The maximum absolute atomic E-state index is 11.6. The number of carbonyl (C=O) groups excluding carboxylic acids is 1. The summed E-state index contributed by atoms with van der Waals surface area (Å²) in [5, 5.41) is 11.5. The Kier molecular flexibility index (Phi) is 7.56. The van der Waals surface area contributed by atoms with Crippen LogP contribution < -0.4 is 10.1 Å². The summed E-state index contributed by atoms with van der Waals surface area (Å²) in [6.45, 7) is 0.0841. The van der Waals surface area contributed by atoms with Gasteiger partial charge in [-0.1, -0.05) is 41.6 Å². The Morgan fingerprint density at radius 2 is 2.04 bits per heavy atom. The van der Waals surface area contributed by atoms with Gasteiger partial charge in [0.2, 0.25) is 5.91 Å². The maximum Gasteiger partial charge on any atom is 0.305 e. The standard InChI is InChI=1S/C19H18ClNO4S/c1-25-16-4-2-3-5-17(16)26-14-8-6-13(15(20)12-14)7-9-18(22)21-11-10-19(23)24/h2-9,12H,10-11H2,1H3,(H,21,22)(H,23,24)/b9-7+. The third kappa shape index (κ3) is 6.13. The van der Waals surface area contributed by atoms with E-state index in [2.05, 4.69) is 5.32 Å². The van der Waals surface area contributed by atoms with Gasteiger partial charge in [0.15, 0.2) is 0 Å². The van der Waals surface area contributed by atoms with E-state index in [-0.39, 0.29) is 18.9 Å². The Bertz CT molecular complexity index is 823. The van der Waals surface area contributed by atoms with Gasteiger partial charge in [-0.15, -0.1) is 0 Å². The van der Waals surface area contributed by atoms with Crippen LogP contribution >= 0.6 is 23.4 Å². The molecule has 0 unspecified atom stereocenters. The number of carbonyl (C=O) groups is 2. The minimum absolute atomic E-state index is 0.0841. The topological polar surface area (TPSA) is 75.6 Å². The lowest BCUT2D eigenvalue weighted by molar-refractivity contribution is -0.136. The van der Waals surface area contributed by atoms with Crippen molar-refractivity contribution < 1.29 is 19.4 Å². The largest absolute Gasteiger partial charge is 0.496 e. The van der Waals surface area contributed by atoms with Crippen molar-refractivity contribution in [2.24, 2.45) is 0 Å². The molecule has 1 amide bonds. The summed E-state index contributed by atoms with van der Waals surface area (Å²) in [6.07, 6.45) is 2.81. The Labute approximate surface area is 161 Å². The van der Waals surface area contributed by atoms with E-state index in [1.807, 2.05) is 42.5 Å².